The molecule has 2 aliphatic heterocycles. The molecule has 2 aliphatic rings. The first kappa shape index (κ1) is 10.4. The summed E-state index contributed by atoms with van der Waals surface area (Å²) in [5.74, 6) is 0.790. The highest BCUT2D eigenvalue weighted by molar-refractivity contribution is 4.83. The minimum atomic E-state index is 0.764. The predicted molar refractivity (Wildman–Crippen MR) is 57.4 cm³/mol. The van der Waals surface area contributed by atoms with E-state index in [4.69, 9.17) is 4.74 Å². The van der Waals surface area contributed by atoms with Crippen molar-refractivity contribution in [1.29, 1.82) is 0 Å². The zero-order valence-electron chi connectivity index (χ0n) is 9.17. The van der Waals surface area contributed by atoms with Gasteiger partial charge in [0.2, 0.25) is 0 Å². The van der Waals surface area contributed by atoms with Crippen LogP contribution in [0.4, 0.5) is 0 Å². The lowest BCUT2D eigenvalue weighted by Gasteiger charge is -2.37. The van der Waals surface area contributed by atoms with Crippen LogP contribution < -0.4 is 5.32 Å². The van der Waals surface area contributed by atoms with Gasteiger partial charge in [-0.3, -0.25) is 4.90 Å². The van der Waals surface area contributed by atoms with Crippen molar-refractivity contribution in [1.82, 2.24) is 10.2 Å². The zero-order valence-corrected chi connectivity index (χ0v) is 9.17. The summed E-state index contributed by atoms with van der Waals surface area (Å²) in [6.07, 6.45) is 2.54. The molecule has 2 unspecified atom stereocenters. The van der Waals surface area contributed by atoms with Gasteiger partial charge in [0.05, 0.1) is 6.61 Å². The van der Waals surface area contributed by atoms with E-state index in [0.29, 0.717) is 0 Å². The van der Waals surface area contributed by atoms with Crippen LogP contribution in [0, 0.1) is 5.92 Å². The van der Waals surface area contributed by atoms with Gasteiger partial charge < -0.3 is 10.1 Å². The third-order valence-electron chi connectivity index (χ3n) is 3.55. The number of piperazine rings is 1. The van der Waals surface area contributed by atoms with Crippen molar-refractivity contribution >= 4 is 0 Å². The van der Waals surface area contributed by atoms with Gasteiger partial charge in [0.1, 0.15) is 0 Å². The molecule has 2 saturated heterocycles. The van der Waals surface area contributed by atoms with Crippen LogP contribution in [-0.4, -0.2) is 50.3 Å². The van der Waals surface area contributed by atoms with E-state index in [-0.39, 0.29) is 0 Å². The van der Waals surface area contributed by atoms with Crippen LogP contribution in [0.2, 0.25) is 0 Å². The van der Waals surface area contributed by atoms with Crippen LogP contribution in [0.3, 0.4) is 0 Å². The fraction of sp³-hybridized carbons (Fsp3) is 1.00. The molecule has 0 amide bonds. The Balaban J connectivity index is 1.89. The first-order chi connectivity index (χ1) is 6.92. The summed E-state index contributed by atoms with van der Waals surface area (Å²) >= 11 is 0. The van der Waals surface area contributed by atoms with Crippen molar-refractivity contribution in [3.63, 3.8) is 0 Å². The Morgan fingerprint density at radius 2 is 2.21 bits per heavy atom. The second-order valence-electron chi connectivity index (χ2n) is 4.39. The molecule has 14 heavy (non-hydrogen) atoms. The van der Waals surface area contributed by atoms with Crippen molar-refractivity contribution in [2.45, 2.75) is 25.8 Å². The van der Waals surface area contributed by atoms with Crippen LogP contribution in [-0.2, 0) is 4.74 Å². The summed E-state index contributed by atoms with van der Waals surface area (Å²) in [7, 11) is 0. The van der Waals surface area contributed by atoms with E-state index >= 15 is 0 Å². The Morgan fingerprint density at radius 3 is 2.79 bits per heavy atom. The number of hydrogen-bond acceptors (Lipinski definition) is 3. The molecule has 1 N–H and O–H groups in total. The first-order valence-electron chi connectivity index (χ1n) is 5.94. The maximum absolute atomic E-state index is 5.49. The molecule has 3 nitrogen and oxygen atoms in total. The van der Waals surface area contributed by atoms with Crippen molar-refractivity contribution in [3.05, 3.63) is 0 Å². The van der Waals surface area contributed by atoms with Gasteiger partial charge in [-0.1, -0.05) is 6.92 Å². The summed E-state index contributed by atoms with van der Waals surface area (Å²) in [5.41, 5.74) is 0. The Hall–Kier alpha value is -0.120. The van der Waals surface area contributed by atoms with E-state index in [1.165, 1.54) is 25.9 Å². The molecular weight excluding hydrogens is 176 g/mol. The van der Waals surface area contributed by atoms with Gasteiger partial charge in [-0.05, 0) is 18.8 Å². The minimum absolute atomic E-state index is 0.764. The van der Waals surface area contributed by atoms with Crippen LogP contribution >= 0.6 is 0 Å². The van der Waals surface area contributed by atoms with Gasteiger partial charge in [-0.15, -0.1) is 0 Å². The first-order valence-corrected chi connectivity index (χ1v) is 5.94. The molecule has 3 heteroatoms. The highest BCUT2D eigenvalue weighted by Gasteiger charge is 2.29. The maximum atomic E-state index is 5.49. The summed E-state index contributed by atoms with van der Waals surface area (Å²) in [6.45, 7) is 9.03. The lowest BCUT2D eigenvalue weighted by Crippen LogP contribution is -2.50. The third kappa shape index (κ3) is 2.27. The quantitative estimate of drug-likeness (QED) is 0.723. The number of nitrogens with zero attached hydrogens (tertiary/aromatic N) is 1. The maximum Gasteiger partial charge on any atom is 0.0510 e. The van der Waals surface area contributed by atoms with Gasteiger partial charge in [0.15, 0.2) is 0 Å². The molecule has 2 rings (SSSR count). The van der Waals surface area contributed by atoms with Gasteiger partial charge >= 0.3 is 0 Å². The van der Waals surface area contributed by atoms with Crippen LogP contribution in [0.5, 0.6) is 0 Å². The standard InChI is InChI=1S/C11H22N2O/c1-2-11(10-3-8-14-9-10)13-6-4-12-5-7-13/h10-12H,2-9H2,1H3. The molecule has 2 fully saturated rings. The Morgan fingerprint density at radius 1 is 1.43 bits per heavy atom. The summed E-state index contributed by atoms with van der Waals surface area (Å²) in [5, 5.41) is 3.41. The Bertz CT molecular complexity index is 163. The van der Waals surface area contributed by atoms with Crippen LogP contribution in [0.15, 0.2) is 0 Å². The normalized spacial score (nSPS) is 31.9. The fourth-order valence-corrected chi connectivity index (χ4v) is 2.76. The van der Waals surface area contributed by atoms with Crippen LogP contribution in [0.25, 0.3) is 0 Å². The van der Waals surface area contributed by atoms with Gasteiger partial charge in [-0.2, -0.15) is 0 Å². The SMILES string of the molecule is CCC(C1CCOC1)N1CCNCC1. The van der Waals surface area contributed by atoms with Crippen molar-refractivity contribution in [2.75, 3.05) is 39.4 Å². The summed E-state index contributed by atoms with van der Waals surface area (Å²) in [4.78, 5) is 2.65. The average molecular weight is 198 g/mol. The molecule has 82 valence electrons. The topological polar surface area (TPSA) is 24.5 Å². The predicted octanol–water partition coefficient (Wildman–Crippen LogP) is 0.707. The average Bonchev–Trinajstić information content (AvgIpc) is 2.74. The van der Waals surface area contributed by atoms with Crippen molar-refractivity contribution in [2.24, 2.45) is 5.92 Å². The molecule has 0 aromatic rings. The molecule has 0 bridgehead atoms. The third-order valence-corrected chi connectivity index (χ3v) is 3.55. The Labute approximate surface area is 86.8 Å². The summed E-state index contributed by atoms with van der Waals surface area (Å²) < 4.78 is 5.49. The minimum Gasteiger partial charge on any atom is -0.381 e. The second-order valence-corrected chi connectivity index (χ2v) is 4.39. The molecule has 0 aromatic carbocycles. The smallest absolute Gasteiger partial charge is 0.0510 e. The lowest BCUT2D eigenvalue weighted by molar-refractivity contribution is 0.104. The fourth-order valence-electron chi connectivity index (χ4n) is 2.76. The molecular formula is C11H22N2O. The van der Waals surface area contributed by atoms with E-state index in [0.717, 1.165) is 38.3 Å². The van der Waals surface area contributed by atoms with Gasteiger partial charge in [0, 0.05) is 38.8 Å². The number of nitrogens with one attached hydrogen (secondary N) is 1. The molecule has 0 aliphatic carbocycles. The number of ether oxygens (including phenoxy) is 1. The second kappa shape index (κ2) is 5.10. The molecule has 0 saturated carbocycles. The van der Waals surface area contributed by atoms with Crippen molar-refractivity contribution in [3.8, 4) is 0 Å². The van der Waals surface area contributed by atoms with Crippen molar-refractivity contribution < 1.29 is 4.74 Å². The lowest BCUT2D eigenvalue weighted by atomic mass is 9.95. The summed E-state index contributed by atoms with van der Waals surface area (Å²) in [6, 6.07) is 0.764. The molecule has 0 spiro atoms. The molecule has 0 aromatic heterocycles. The highest BCUT2D eigenvalue weighted by Crippen LogP contribution is 2.23. The van der Waals surface area contributed by atoms with E-state index in [2.05, 4.69) is 17.1 Å². The molecule has 2 atom stereocenters. The molecule has 2 heterocycles. The van der Waals surface area contributed by atoms with E-state index in [9.17, 15) is 0 Å². The van der Waals surface area contributed by atoms with Gasteiger partial charge in [0.25, 0.3) is 0 Å². The largest absolute Gasteiger partial charge is 0.381 e. The zero-order chi connectivity index (χ0) is 9.80. The monoisotopic (exact) mass is 198 g/mol. The van der Waals surface area contributed by atoms with Crippen LogP contribution in [0.1, 0.15) is 19.8 Å². The van der Waals surface area contributed by atoms with Gasteiger partial charge in [-0.25, -0.2) is 0 Å². The number of rotatable bonds is 3. The molecule has 0 radical (unpaired) electrons. The highest BCUT2D eigenvalue weighted by atomic mass is 16.5. The Kier molecular flexibility index (Phi) is 3.79. The van der Waals surface area contributed by atoms with E-state index < -0.39 is 0 Å². The van der Waals surface area contributed by atoms with E-state index in [1.807, 2.05) is 0 Å². The van der Waals surface area contributed by atoms with E-state index in [1.54, 1.807) is 0 Å². The number of hydrogen-bond donors (Lipinski definition) is 1.